The fourth-order valence-corrected chi connectivity index (χ4v) is 2.69. The van der Waals surface area contributed by atoms with Crippen LogP contribution < -0.4 is 10.2 Å². The van der Waals surface area contributed by atoms with Crippen LogP contribution in [0.1, 0.15) is 24.8 Å². The van der Waals surface area contributed by atoms with Crippen LogP contribution in [0.4, 0.5) is 5.69 Å². The van der Waals surface area contributed by atoms with Crippen LogP contribution in [0.15, 0.2) is 36.9 Å². The summed E-state index contributed by atoms with van der Waals surface area (Å²) in [5.41, 5.74) is 1.84. The molecule has 2 unspecified atom stereocenters. The molecule has 2 amide bonds. The summed E-state index contributed by atoms with van der Waals surface area (Å²) in [6, 6.07) is 6.55. The first-order chi connectivity index (χ1) is 11.4. The number of carboxylic acids is 1. The van der Waals surface area contributed by atoms with E-state index in [1.54, 1.807) is 11.0 Å². The second kappa shape index (κ2) is 7.77. The minimum atomic E-state index is -1.08. The normalized spacial score (nSPS) is 18.3. The Hall–Kier alpha value is -2.63. The first-order valence-corrected chi connectivity index (χ1v) is 7.93. The van der Waals surface area contributed by atoms with Gasteiger partial charge in [0.15, 0.2) is 0 Å². The number of nitrogens with one attached hydrogen (secondary N) is 1. The molecule has 1 aliphatic rings. The molecule has 2 rings (SSSR count). The summed E-state index contributed by atoms with van der Waals surface area (Å²) >= 11 is 0. The van der Waals surface area contributed by atoms with Gasteiger partial charge < -0.3 is 15.3 Å². The molecule has 0 aliphatic carbocycles. The fraction of sp³-hybridized carbons (Fsp3) is 0.389. The molecule has 6 heteroatoms. The molecular weight excluding hydrogens is 308 g/mol. The zero-order valence-corrected chi connectivity index (χ0v) is 13.7. The van der Waals surface area contributed by atoms with E-state index in [-0.39, 0.29) is 25.3 Å². The number of anilines is 1. The predicted molar refractivity (Wildman–Crippen MR) is 90.6 cm³/mol. The van der Waals surface area contributed by atoms with E-state index in [1.165, 1.54) is 0 Å². The number of aliphatic carboxylic acids is 1. The molecule has 1 heterocycles. The number of benzene rings is 1. The Morgan fingerprint density at radius 3 is 2.67 bits per heavy atom. The number of rotatable bonds is 7. The highest BCUT2D eigenvalue weighted by atomic mass is 16.4. The summed E-state index contributed by atoms with van der Waals surface area (Å²) < 4.78 is 0. The molecule has 6 nitrogen and oxygen atoms in total. The molecule has 2 N–H and O–H groups in total. The van der Waals surface area contributed by atoms with E-state index < -0.39 is 23.8 Å². The molecule has 1 saturated heterocycles. The van der Waals surface area contributed by atoms with Crippen molar-refractivity contribution in [2.75, 3.05) is 11.4 Å². The van der Waals surface area contributed by atoms with Gasteiger partial charge in [0.05, 0.1) is 5.92 Å². The highest BCUT2D eigenvalue weighted by Gasteiger charge is 2.36. The number of amides is 2. The number of carboxylic acid groups (broad SMARTS) is 1. The number of nitrogens with zero attached hydrogens (tertiary/aromatic N) is 1. The lowest BCUT2D eigenvalue weighted by Gasteiger charge is -2.18. The van der Waals surface area contributed by atoms with Crippen LogP contribution in [-0.4, -0.2) is 35.5 Å². The van der Waals surface area contributed by atoms with E-state index in [9.17, 15) is 19.5 Å². The molecular formula is C18H22N2O4. The van der Waals surface area contributed by atoms with E-state index in [4.69, 9.17) is 0 Å². The summed E-state index contributed by atoms with van der Waals surface area (Å²) in [4.78, 5) is 37.3. The summed E-state index contributed by atoms with van der Waals surface area (Å²) in [5.74, 6) is -2.14. The number of carbonyl (C=O) groups is 3. The summed E-state index contributed by atoms with van der Waals surface area (Å²) in [6.07, 6.45) is 2.48. The highest BCUT2D eigenvalue weighted by molar-refractivity contribution is 6.00. The average molecular weight is 330 g/mol. The van der Waals surface area contributed by atoms with Gasteiger partial charge in [-0.2, -0.15) is 0 Å². The Labute approximate surface area is 141 Å². The van der Waals surface area contributed by atoms with Gasteiger partial charge in [0.1, 0.15) is 6.04 Å². The molecule has 24 heavy (non-hydrogen) atoms. The van der Waals surface area contributed by atoms with Crippen molar-refractivity contribution >= 4 is 23.5 Å². The Morgan fingerprint density at radius 2 is 2.08 bits per heavy atom. The topological polar surface area (TPSA) is 86.7 Å². The molecule has 0 saturated carbocycles. The minimum Gasteiger partial charge on any atom is -0.480 e. The van der Waals surface area contributed by atoms with Crippen LogP contribution in [0.2, 0.25) is 0 Å². The minimum absolute atomic E-state index is 0.0908. The van der Waals surface area contributed by atoms with E-state index in [2.05, 4.69) is 11.9 Å². The first kappa shape index (κ1) is 17.7. The van der Waals surface area contributed by atoms with Crippen molar-refractivity contribution in [1.82, 2.24) is 5.32 Å². The smallest absolute Gasteiger partial charge is 0.326 e. The van der Waals surface area contributed by atoms with Gasteiger partial charge in [-0.15, -0.1) is 6.58 Å². The van der Waals surface area contributed by atoms with Crippen LogP contribution >= 0.6 is 0 Å². The number of aryl methyl sites for hydroxylation is 1. The third-order valence-corrected chi connectivity index (χ3v) is 4.12. The molecule has 0 radical (unpaired) electrons. The fourth-order valence-electron chi connectivity index (χ4n) is 2.69. The molecule has 2 atom stereocenters. The van der Waals surface area contributed by atoms with E-state index in [0.717, 1.165) is 11.3 Å². The van der Waals surface area contributed by atoms with Gasteiger partial charge in [0, 0.05) is 18.7 Å². The molecule has 128 valence electrons. The number of carbonyl (C=O) groups excluding carboxylic acids is 2. The number of allylic oxidation sites excluding steroid dienone is 1. The molecule has 1 fully saturated rings. The van der Waals surface area contributed by atoms with Crippen molar-refractivity contribution in [3.63, 3.8) is 0 Å². The number of hydrogen-bond acceptors (Lipinski definition) is 3. The molecule has 0 aromatic heterocycles. The predicted octanol–water partition coefficient (Wildman–Crippen LogP) is 1.88. The van der Waals surface area contributed by atoms with Crippen molar-refractivity contribution in [3.05, 3.63) is 42.5 Å². The molecule has 1 aliphatic heterocycles. The lowest BCUT2D eigenvalue weighted by Crippen LogP contribution is -2.44. The third kappa shape index (κ3) is 4.22. The SMILES string of the molecule is C=CCCC(NC(=O)C1CC(=O)N(c2ccc(C)cc2)C1)C(=O)O. The second-order valence-corrected chi connectivity index (χ2v) is 6.01. The third-order valence-electron chi connectivity index (χ3n) is 4.12. The first-order valence-electron chi connectivity index (χ1n) is 7.93. The maximum Gasteiger partial charge on any atom is 0.326 e. The van der Waals surface area contributed by atoms with E-state index >= 15 is 0 Å². The molecule has 0 bridgehead atoms. The molecule has 1 aromatic carbocycles. The quantitative estimate of drug-likeness (QED) is 0.747. The Bertz CT molecular complexity index is 639. The Balaban J connectivity index is 2.01. The monoisotopic (exact) mass is 330 g/mol. The van der Waals surface area contributed by atoms with E-state index in [0.29, 0.717) is 6.42 Å². The van der Waals surface area contributed by atoms with Gasteiger partial charge in [-0.25, -0.2) is 4.79 Å². The number of hydrogen-bond donors (Lipinski definition) is 2. The maximum absolute atomic E-state index is 12.3. The van der Waals surface area contributed by atoms with Crippen molar-refractivity contribution in [1.29, 1.82) is 0 Å². The van der Waals surface area contributed by atoms with E-state index in [1.807, 2.05) is 31.2 Å². The van der Waals surface area contributed by atoms with Crippen LogP contribution in [0.25, 0.3) is 0 Å². The highest BCUT2D eigenvalue weighted by Crippen LogP contribution is 2.25. The lowest BCUT2D eigenvalue weighted by atomic mass is 10.1. The van der Waals surface area contributed by atoms with Gasteiger partial charge in [-0.1, -0.05) is 23.8 Å². The summed E-state index contributed by atoms with van der Waals surface area (Å²) in [5, 5.41) is 11.7. The summed E-state index contributed by atoms with van der Waals surface area (Å²) in [7, 11) is 0. The standard InChI is InChI=1S/C18H22N2O4/c1-3-4-5-15(18(23)24)19-17(22)13-10-16(21)20(11-13)14-8-6-12(2)7-9-14/h3,6-9,13,15H,1,4-5,10-11H2,2H3,(H,19,22)(H,23,24). The molecule has 1 aromatic rings. The molecule has 0 spiro atoms. The largest absolute Gasteiger partial charge is 0.480 e. The van der Waals surface area contributed by atoms with Crippen LogP contribution in [-0.2, 0) is 14.4 Å². The van der Waals surface area contributed by atoms with Crippen molar-refractivity contribution < 1.29 is 19.5 Å². The Morgan fingerprint density at radius 1 is 1.42 bits per heavy atom. The van der Waals surface area contributed by atoms with Gasteiger partial charge in [-0.05, 0) is 31.9 Å². The summed E-state index contributed by atoms with van der Waals surface area (Å²) in [6.45, 7) is 5.78. The van der Waals surface area contributed by atoms with Gasteiger partial charge in [-0.3, -0.25) is 9.59 Å². The van der Waals surface area contributed by atoms with Crippen molar-refractivity contribution in [3.8, 4) is 0 Å². The van der Waals surface area contributed by atoms with Crippen LogP contribution in [0.5, 0.6) is 0 Å². The van der Waals surface area contributed by atoms with Crippen LogP contribution in [0, 0.1) is 12.8 Å². The van der Waals surface area contributed by atoms with Crippen molar-refractivity contribution in [2.45, 2.75) is 32.2 Å². The zero-order chi connectivity index (χ0) is 17.7. The van der Waals surface area contributed by atoms with Crippen molar-refractivity contribution in [2.24, 2.45) is 5.92 Å². The van der Waals surface area contributed by atoms with Crippen LogP contribution in [0.3, 0.4) is 0 Å². The second-order valence-electron chi connectivity index (χ2n) is 6.01. The lowest BCUT2D eigenvalue weighted by molar-refractivity contribution is -0.142. The zero-order valence-electron chi connectivity index (χ0n) is 13.7. The van der Waals surface area contributed by atoms with Gasteiger partial charge in [0.25, 0.3) is 0 Å². The Kier molecular flexibility index (Phi) is 5.73. The average Bonchev–Trinajstić information content (AvgIpc) is 2.93. The van der Waals surface area contributed by atoms with Gasteiger partial charge in [0.2, 0.25) is 11.8 Å². The van der Waals surface area contributed by atoms with Gasteiger partial charge >= 0.3 is 5.97 Å². The maximum atomic E-state index is 12.3.